The molecule has 1 aliphatic rings. The van der Waals surface area contributed by atoms with Crippen molar-refractivity contribution in [1.82, 2.24) is 9.55 Å². The molecule has 0 N–H and O–H groups in total. The number of nitrogens with zero attached hydrogens (tertiary/aromatic N) is 2. The number of aryl methyl sites for hydroxylation is 4. The lowest BCUT2D eigenvalue weighted by molar-refractivity contribution is -0.185. The predicted octanol–water partition coefficient (Wildman–Crippen LogP) is 4.35. The number of aromatic nitrogens is 2. The van der Waals surface area contributed by atoms with Gasteiger partial charge >= 0.3 is 0 Å². The van der Waals surface area contributed by atoms with E-state index in [1.54, 1.807) is 36.8 Å². The Balaban J connectivity index is 1.39. The van der Waals surface area contributed by atoms with Crippen molar-refractivity contribution in [3.05, 3.63) is 83.4 Å². The molecule has 2 heterocycles. The third-order valence-corrected chi connectivity index (χ3v) is 7.22. The first-order chi connectivity index (χ1) is 16.2. The molecule has 1 aliphatic heterocycles. The molecule has 8 heteroatoms. The van der Waals surface area contributed by atoms with Crippen molar-refractivity contribution in [3.8, 4) is 0 Å². The summed E-state index contributed by atoms with van der Waals surface area (Å²) in [6.45, 7) is 6.76. The summed E-state index contributed by atoms with van der Waals surface area (Å²) in [6.07, 6.45) is 7.27. The molecule has 0 spiro atoms. The first-order valence-electron chi connectivity index (χ1n) is 11.5. The lowest BCUT2D eigenvalue weighted by Crippen LogP contribution is -2.37. The van der Waals surface area contributed by atoms with E-state index in [1.165, 1.54) is 16.7 Å². The summed E-state index contributed by atoms with van der Waals surface area (Å²) in [5.74, 6) is -0.860. The second-order valence-corrected chi connectivity index (χ2v) is 10.7. The van der Waals surface area contributed by atoms with E-state index in [1.807, 2.05) is 17.7 Å². The second-order valence-electron chi connectivity index (χ2n) is 9.10. The van der Waals surface area contributed by atoms with Crippen molar-refractivity contribution in [2.24, 2.45) is 0 Å². The third-order valence-electron chi connectivity index (χ3n) is 5.92. The van der Waals surface area contributed by atoms with Gasteiger partial charge in [0.15, 0.2) is 5.79 Å². The van der Waals surface area contributed by atoms with Gasteiger partial charge < -0.3 is 14.0 Å². The van der Waals surface area contributed by atoms with E-state index >= 15 is 0 Å². The average molecular weight is 485 g/mol. The van der Waals surface area contributed by atoms with Gasteiger partial charge in [0.05, 0.1) is 31.0 Å². The van der Waals surface area contributed by atoms with Gasteiger partial charge in [-0.1, -0.05) is 47.0 Å². The minimum atomic E-state index is -3.86. The van der Waals surface area contributed by atoms with Crippen molar-refractivity contribution in [3.63, 3.8) is 0 Å². The first-order valence-corrected chi connectivity index (χ1v) is 12.9. The van der Waals surface area contributed by atoms with Crippen LogP contribution in [-0.4, -0.2) is 43.1 Å². The fourth-order valence-corrected chi connectivity index (χ4v) is 5.30. The fourth-order valence-electron chi connectivity index (χ4n) is 4.36. The van der Waals surface area contributed by atoms with E-state index in [0.717, 1.165) is 18.4 Å². The van der Waals surface area contributed by atoms with Crippen LogP contribution in [0.25, 0.3) is 0 Å². The van der Waals surface area contributed by atoms with E-state index in [0.29, 0.717) is 13.0 Å². The molecule has 0 saturated carbocycles. The summed E-state index contributed by atoms with van der Waals surface area (Å²) in [7, 11) is -3.86. The van der Waals surface area contributed by atoms with Gasteiger partial charge in [-0.2, -0.15) is 8.42 Å². The molecular formula is C26H32N2O5S. The molecule has 3 aromatic rings. The van der Waals surface area contributed by atoms with Gasteiger partial charge in [0.25, 0.3) is 10.1 Å². The quantitative estimate of drug-likeness (QED) is 0.398. The maximum absolute atomic E-state index is 12.6. The highest BCUT2D eigenvalue weighted by molar-refractivity contribution is 7.86. The largest absolute Gasteiger partial charge is 0.345 e. The molecule has 0 bridgehead atoms. The molecule has 182 valence electrons. The Morgan fingerprint density at radius 3 is 2.50 bits per heavy atom. The molecule has 4 rings (SSSR count). The summed E-state index contributed by atoms with van der Waals surface area (Å²) in [6, 6.07) is 13.2. The zero-order chi connectivity index (χ0) is 24.2. The van der Waals surface area contributed by atoms with Crippen LogP contribution in [0, 0.1) is 20.8 Å². The normalized spacial score (nSPS) is 20.6. The summed E-state index contributed by atoms with van der Waals surface area (Å²) >= 11 is 0. The Kier molecular flexibility index (Phi) is 7.52. The van der Waals surface area contributed by atoms with Crippen LogP contribution in [-0.2, 0) is 36.7 Å². The molecular weight excluding hydrogens is 452 g/mol. The van der Waals surface area contributed by atoms with E-state index in [9.17, 15) is 8.42 Å². The van der Waals surface area contributed by atoms with Crippen LogP contribution < -0.4 is 0 Å². The highest BCUT2D eigenvalue weighted by Crippen LogP contribution is 2.32. The molecule has 0 amide bonds. The summed E-state index contributed by atoms with van der Waals surface area (Å²) in [4.78, 5) is 4.25. The minimum Gasteiger partial charge on any atom is -0.345 e. The van der Waals surface area contributed by atoms with Crippen LogP contribution in [0.5, 0.6) is 0 Å². The van der Waals surface area contributed by atoms with Crippen molar-refractivity contribution >= 4 is 10.1 Å². The third kappa shape index (κ3) is 6.33. The molecule has 34 heavy (non-hydrogen) atoms. The van der Waals surface area contributed by atoms with Crippen LogP contribution in [0.4, 0.5) is 0 Å². The number of benzene rings is 2. The molecule has 1 aromatic heterocycles. The Morgan fingerprint density at radius 1 is 1.09 bits per heavy atom. The maximum Gasteiger partial charge on any atom is 0.297 e. The lowest BCUT2D eigenvalue weighted by atomic mass is 10.0. The predicted molar refractivity (Wildman–Crippen MR) is 129 cm³/mol. The van der Waals surface area contributed by atoms with E-state index in [-0.39, 0.29) is 18.1 Å². The van der Waals surface area contributed by atoms with Crippen molar-refractivity contribution in [2.75, 3.05) is 13.2 Å². The molecule has 0 unspecified atom stereocenters. The fraction of sp³-hybridized carbons (Fsp3) is 0.423. The van der Waals surface area contributed by atoms with Gasteiger partial charge in [-0.15, -0.1) is 0 Å². The Labute approximate surface area is 201 Å². The van der Waals surface area contributed by atoms with Crippen LogP contribution >= 0.6 is 0 Å². The first kappa shape index (κ1) is 24.6. The van der Waals surface area contributed by atoms with E-state index in [2.05, 4.69) is 37.0 Å². The standard InChI is InChI=1S/C26H32N2O5S/c1-20-6-8-25(9-7-20)34(29,30)32-17-24-16-31-26(33-24,18-28-12-11-27-19-28)10-4-5-23-14-21(2)13-22(3)15-23/h6-9,11-15,19,24H,4-5,10,16-18H2,1-3H3/t24-,26+/m1/s1. The highest BCUT2D eigenvalue weighted by Gasteiger charge is 2.42. The van der Waals surface area contributed by atoms with Gasteiger partial charge in [-0.25, -0.2) is 4.98 Å². The van der Waals surface area contributed by atoms with Crippen LogP contribution in [0.2, 0.25) is 0 Å². The topological polar surface area (TPSA) is 79.7 Å². The summed E-state index contributed by atoms with van der Waals surface area (Å²) in [5, 5.41) is 0. The van der Waals surface area contributed by atoms with Gasteiger partial charge in [-0.3, -0.25) is 4.18 Å². The number of rotatable bonds is 10. The van der Waals surface area contributed by atoms with Crippen LogP contribution in [0.3, 0.4) is 0 Å². The zero-order valence-electron chi connectivity index (χ0n) is 19.9. The molecule has 0 radical (unpaired) electrons. The monoisotopic (exact) mass is 484 g/mol. The Hall–Kier alpha value is -2.52. The maximum atomic E-state index is 12.6. The van der Waals surface area contributed by atoms with Crippen LogP contribution in [0.1, 0.15) is 35.1 Å². The van der Waals surface area contributed by atoms with E-state index in [4.69, 9.17) is 13.7 Å². The van der Waals surface area contributed by atoms with Crippen LogP contribution in [0.15, 0.2) is 66.1 Å². The van der Waals surface area contributed by atoms with Crippen molar-refractivity contribution in [1.29, 1.82) is 0 Å². The zero-order valence-corrected chi connectivity index (χ0v) is 20.8. The molecule has 7 nitrogen and oxygen atoms in total. The molecule has 1 saturated heterocycles. The van der Waals surface area contributed by atoms with Crippen molar-refractivity contribution in [2.45, 2.75) is 63.4 Å². The van der Waals surface area contributed by atoms with E-state index < -0.39 is 22.0 Å². The second kappa shape index (κ2) is 10.4. The molecule has 1 fully saturated rings. The summed E-state index contributed by atoms with van der Waals surface area (Å²) < 4.78 is 44.8. The number of hydrogen-bond donors (Lipinski definition) is 0. The SMILES string of the molecule is Cc1ccc(S(=O)(=O)OC[C@H]2CO[C@](CCCc3cc(C)cc(C)c3)(Cn3ccnc3)O2)cc1. The van der Waals surface area contributed by atoms with Crippen molar-refractivity contribution < 1.29 is 22.1 Å². The lowest BCUT2D eigenvalue weighted by Gasteiger charge is -2.28. The minimum absolute atomic E-state index is 0.0983. The summed E-state index contributed by atoms with van der Waals surface area (Å²) in [5.41, 5.74) is 4.78. The smallest absolute Gasteiger partial charge is 0.297 e. The average Bonchev–Trinajstić information content (AvgIpc) is 3.43. The highest BCUT2D eigenvalue weighted by atomic mass is 32.2. The number of hydrogen-bond acceptors (Lipinski definition) is 6. The Bertz CT molecular complexity index is 1170. The molecule has 0 aliphatic carbocycles. The Morgan fingerprint density at radius 2 is 1.82 bits per heavy atom. The number of ether oxygens (including phenoxy) is 2. The van der Waals surface area contributed by atoms with Gasteiger partial charge in [0, 0.05) is 18.8 Å². The van der Waals surface area contributed by atoms with Gasteiger partial charge in [0.1, 0.15) is 6.10 Å². The molecule has 2 atom stereocenters. The molecule has 2 aromatic carbocycles. The number of imidazole rings is 1. The van der Waals surface area contributed by atoms with Gasteiger partial charge in [0.2, 0.25) is 0 Å². The van der Waals surface area contributed by atoms with Gasteiger partial charge in [-0.05, 0) is 51.3 Å².